The molecule has 7 heteroatoms. The van der Waals surface area contributed by atoms with Crippen molar-refractivity contribution in [3.05, 3.63) is 53.8 Å². The first kappa shape index (κ1) is 19.2. The molecule has 0 unspecified atom stereocenters. The van der Waals surface area contributed by atoms with E-state index in [0.29, 0.717) is 35.3 Å². The number of ether oxygens (including phenoxy) is 3. The highest BCUT2D eigenvalue weighted by atomic mass is 19.1. The maximum Gasteiger partial charge on any atom is 0.251 e. The van der Waals surface area contributed by atoms with Gasteiger partial charge in [-0.25, -0.2) is 4.39 Å². The number of nitrogens with one attached hydrogen (secondary N) is 1. The molecule has 6 rings (SSSR count). The van der Waals surface area contributed by atoms with E-state index in [0.717, 1.165) is 32.5 Å². The van der Waals surface area contributed by atoms with Gasteiger partial charge in [0.05, 0.1) is 0 Å². The van der Waals surface area contributed by atoms with Gasteiger partial charge >= 0.3 is 0 Å². The monoisotopic (exact) mass is 412 g/mol. The minimum atomic E-state index is -0.304. The van der Waals surface area contributed by atoms with Crippen molar-refractivity contribution in [3.8, 4) is 17.2 Å². The molecular formula is C23H25FN2O4. The lowest BCUT2D eigenvalue weighted by Crippen LogP contribution is -2.57. The standard InChI is InChI=1S/C23H25FN2O4/c24-17-2-4-18(5-3-17)28-13-19-14-29-22-11-16(1-6-21(22)30-19)23(27)25-20-12-26-9-7-15(20)8-10-26/h1-6,11,15,19-20H,7-10,12-14H2,(H,25,27)/t19-,20+/m1/s1. The number of hydrogen-bond acceptors (Lipinski definition) is 5. The molecule has 2 aromatic rings. The van der Waals surface area contributed by atoms with Crippen LogP contribution >= 0.6 is 0 Å². The average Bonchev–Trinajstić information content (AvgIpc) is 2.79. The number of amides is 1. The molecular weight excluding hydrogens is 387 g/mol. The number of fused-ring (bicyclic) bond motifs is 4. The summed E-state index contributed by atoms with van der Waals surface area (Å²) in [7, 11) is 0. The Balaban J connectivity index is 1.18. The van der Waals surface area contributed by atoms with E-state index in [1.807, 2.05) is 0 Å². The first-order chi connectivity index (χ1) is 14.6. The summed E-state index contributed by atoms with van der Waals surface area (Å²) in [5.41, 5.74) is 0.579. The zero-order chi connectivity index (χ0) is 20.5. The molecule has 1 N–H and O–H groups in total. The summed E-state index contributed by atoms with van der Waals surface area (Å²) in [6, 6.07) is 11.4. The molecule has 3 saturated heterocycles. The number of nitrogens with zero attached hydrogens (tertiary/aromatic N) is 1. The Morgan fingerprint density at radius 1 is 1.13 bits per heavy atom. The number of piperidine rings is 3. The van der Waals surface area contributed by atoms with Crippen LogP contribution in [0.4, 0.5) is 4.39 Å². The van der Waals surface area contributed by atoms with Gasteiger partial charge in [-0.2, -0.15) is 0 Å². The van der Waals surface area contributed by atoms with Crippen LogP contribution in [-0.2, 0) is 0 Å². The van der Waals surface area contributed by atoms with E-state index >= 15 is 0 Å². The molecule has 0 saturated carbocycles. The molecule has 30 heavy (non-hydrogen) atoms. The summed E-state index contributed by atoms with van der Waals surface area (Å²) < 4.78 is 30.4. The van der Waals surface area contributed by atoms with E-state index in [4.69, 9.17) is 14.2 Å². The largest absolute Gasteiger partial charge is 0.490 e. The van der Waals surface area contributed by atoms with Gasteiger partial charge in [-0.05, 0) is 74.3 Å². The molecule has 4 heterocycles. The Kier molecular flexibility index (Phi) is 5.21. The second-order valence-electron chi connectivity index (χ2n) is 8.20. The smallest absolute Gasteiger partial charge is 0.251 e. The number of rotatable bonds is 5. The fraction of sp³-hybridized carbons (Fsp3) is 0.435. The highest BCUT2D eigenvalue weighted by Gasteiger charge is 2.35. The van der Waals surface area contributed by atoms with Gasteiger partial charge in [0.15, 0.2) is 17.6 Å². The third-order valence-electron chi connectivity index (χ3n) is 6.15. The zero-order valence-corrected chi connectivity index (χ0v) is 16.7. The highest BCUT2D eigenvalue weighted by molar-refractivity contribution is 5.95. The first-order valence-corrected chi connectivity index (χ1v) is 10.5. The molecule has 158 valence electrons. The minimum absolute atomic E-state index is 0.0677. The van der Waals surface area contributed by atoms with Gasteiger partial charge in [0, 0.05) is 18.2 Å². The van der Waals surface area contributed by atoms with Crippen molar-refractivity contribution >= 4 is 5.91 Å². The number of benzene rings is 2. The van der Waals surface area contributed by atoms with Crippen LogP contribution in [0.1, 0.15) is 23.2 Å². The molecule has 2 aromatic carbocycles. The predicted octanol–water partition coefficient (Wildman–Crippen LogP) is 2.87. The van der Waals surface area contributed by atoms with E-state index in [9.17, 15) is 9.18 Å². The summed E-state index contributed by atoms with van der Waals surface area (Å²) in [5.74, 6) is 1.94. The van der Waals surface area contributed by atoms with Gasteiger partial charge in [-0.3, -0.25) is 4.79 Å². The number of hydrogen-bond donors (Lipinski definition) is 1. The molecule has 4 aliphatic rings. The quantitative estimate of drug-likeness (QED) is 0.819. The first-order valence-electron chi connectivity index (χ1n) is 10.5. The molecule has 3 fully saturated rings. The Labute approximate surface area is 174 Å². The van der Waals surface area contributed by atoms with Crippen molar-refractivity contribution in [3.63, 3.8) is 0 Å². The Bertz CT molecular complexity index is 912. The van der Waals surface area contributed by atoms with Crippen molar-refractivity contribution in [2.75, 3.05) is 32.8 Å². The lowest BCUT2D eigenvalue weighted by molar-refractivity contribution is 0.0531. The van der Waals surface area contributed by atoms with Crippen molar-refractivity contribution in [1.29, 1.82) is 0 Å². The minimum Gasteiger partial charge on any atom is -0.490 e. The van der Waals surface area contributed by atoms with Crippen molar-refractivity contribution in [2.24, 2.45) is 5.92 Å². The molecule has 6 nitrogen and oxygen atoms in total. The maximum atomic E-state index is 13.0. The summed E-state index contributed by atoms with van der Waals surface area (Å²) in [4.78, 5) is 15.2. The van der Waals surface area contributed by atoms with Crippen molar-refractivity contribution < 1.29 is 23.4 Å². The molecule has 2 bridgehead atoms. The van der Waals surface area contributed by atoms with Crippen LogP contribution in [0.15, 0.2) is 42.5 Å². The maximum absolute atomic E-state index is 13.0. The molecule has 0 aromatic heterocycles. The van der Waals surface area contributed by atoms with Gasteiger partial charge < -0.3 is 24.4 Å². The van der Waals surface area contributed by atoms with E-state index in [1.165, 1.54) is 12.1 Å². The molecule has 0 radical (unpaired) electrons. The summed E-state index contributed by atoms with van der Waals surface area (Å²) in [6.45, 7) is 3.84. The molecule has 0 aliphatic carbocycles. The SMILES string of the molecule is O=C(N[C@H]1CN2CCC1CC2)c1ccc2c(c1)OC[C@@H](COc1ccc(F)cc1)O2. The van der Waals surface area contributed by atoms with E-state index in [2.05, 4.69) is 10.2 Å². The van der Waals surface area contributed by atoms with Crippen LogP contribution in [0.25, 0.3) is 0 Å². The van der Waals surface area contributed by atoms with Crippen LogP contribution in [0, 0.1) is 11.7 Å². The van der Waals surface area contributed by atoms with Gasteiger partial charge in [0.2, 0.25) is 0 Å². The van der Waals surface area contributed by atoms with Crippen LogP contribution in [0.2, 0.25) is 0 Å². The van der Waals surface area contributed by atoms with E-state index in [-0.39, 0.29) is 30.5 Å². The number of halogens is 1. The Hall–Kier alpha value is -2.80. The van der Waals surface area contributed by atoms with Gasteiger partial charge in [0.25, 0.3) is 5.91 Å². The van der Waals surface area contributed by atoms with Gasteiger partial charge in [-0.15, -0.1) is 0 Å². The van der Waals surface area contributed by atoms with Gasteiger partial charge in [0.1, 0.15) is 24.8 Å². The van der Waals surface area contributed by atoms with Gasteiger partial charge in [-0.1, -0.05) is 0 Å². The van der Waals surface area contributed by atoms with Crippen molar-refractivity contribution in [2.45, 2.75) is 25.0 Å². The average molecular weight is 412 g/mol. The van der Waals surface area contributed by atoms with Crippen molar-refractivity contribution in [1.82, 2.24) is 10.2 Å². The summed E-state index contributed by atoms with van der Waals surface area (Å²) in [5, 5.41) is 3.20. The Morgan fingerprint density at radius 2 is 1.93 bits per heavy atom. The number of carbonyl (C=O) groups is 1. The second-order valence-corrected chi connectivity index (χ2v) is 8.20. The third kappa shape index (κ3) is 4.07. The molecule has 2 atom stereocenters. The third-order valence-corrected chi connectivity index (χ3v) is 6.15. The zero-order valence-electron chi connectivity index (χ0n) is 16.7. The lowest BCUT2D eigenvalue weighted by Gasteiger charge is -2.44. The lowest BCUT2D eigenvalue weighted by atomic mass is 9.84. The predicted molar refractivity (Wildman–Crippen MR) is 109 cm³/mol. The normalized spacial score (nSPS) is 26.8. The summed E-state index contributed by atoms with van der Waals surface area (Å²) >= 11 is 0. The summed E-state index contributed by atoms with van der Waals surface area (Å²) in [6.07, 6.45) is 2.04. The Morgan fingerprint density at radius 3 is 2.67 bits per heavy atom. The van der Waals surface area contributed by atoms with Crippen LogP contribution < -0.4 is 19.5 Å². The van der Waals surface area contributed by atoms with E-state index in [1.54, 1.807) is 30.3 Å². The topological polar surface area (TPSA) is 60.0 Å². The molecule has 0 spiro atoms. The number of carbonyl (C=O) groups excluding carboxylic acids is 1. The molecule has 4 aliphatic heterocycles. The van der Waals surface area contributed by atoms with E-state index < -0.39 is 0 Å². The fourth-order valence-electron chi connectivity index (χ4n) is 4.44. The second kappa shape index (κ2) is 8.14. The highest BCUT2D eigenvalue weighted by Crippen LogP contribution is 2.33. The fourth-order valence-corrected chi connectivity index (χ4v) is 4.44. The van der Waals surface area contributed by atoms with Crippen LogP contribution in [-0.4, -0.2) is 55.8 Å². The van der Waals surface area contributed by atoms with Crippen LogP contribution in [0.3, 0.4) is 0 Å². The van der Waals surface area contributed by atoms with Crippen LogP contribution in [0.5, 0.6) is 17.2 Å². The molecule has 1 amide bonds.